The van der Waals surface area contributed by atoms with Gasteiger partial charge in [0.2, 0.25) is 5.91 Å². The molecule has 0 saturated heterocycles. The van der Waals surface area contributed by atoms with Gasteiger partial charge in [-0.05, 0) is 48.0 Å². The van der Waals surface area contributed by atoms with Crippen LogP contribution < -0.4 is 15.4 Å². The molecule has 0 bridgehead atoms. The molecule has 2 aromatic carbocycles. The molecule has 0 saturated carbocycles. The molecule has 8 nitrogen and oxygen atoms in total. The quantitative estimate of drug-likeness (QED) is 0.338. The van der Waals surface area contributed by atoms with E-state index >= 15 is 0 Å². The van der Waals surface area contributed by atoms with E-state index in [0.29, 0.717) is 29.6 Å². The molecule has 0 aliphatic carbocycles. The van der Waals surface area contributed by atoms with Gasteiger partial charge in [0, 0.05) is 30.2 Å². The molecule has 9 heteroatoms. The molecule has 174 valence electrons. The number of ether oxygens (including phenoxy) is 1. The number of imidazole rings is 1. The van der Waals surface area contributed by atoms with Crippen molar-refractivity contribution in [2.45, 2.75) is 18.2 Å². The number of methoxy groups -OCH3 is 1. The van der Waals surface area contributed by atoms with Crippen molar-refractivity contribution in [2.75, 3.05) is 12.9 Å². The van der Waals surface area contributed by atoms with Crippen molar-refractivity contribution in [1.29, 1.82) is 0 Å². The molecular formula is C25H24N4O4S. The molecule has 4 rings (SSSR count). The third-order valence-electron chi connectivity index (χ3n) is 4.98. The Labute approximate surface area is 201 Å². The number of thioether (sulfide) groups is 1. The first-order chi connectivity index (χ1) is 16.6. The van der Waals surface area contributed by atoms with Crippen molar-refractivity contribution < 1.29 is 18.7 Å². The predicted octanol–water partition coefficient (Wildman–Crippen LogP) is 3.81. The summed E-state index contributed by atoms with van der Waals surface area (Å²) in [5.74, 6) is 1.38. The minimum Gasteiger partial charge on any atom is -0.497 e. The predicted molar refractivity (Wildman–Crippen MR) is 129 cm³/mol. The normalized spacial score (nSPS) is 10.6. The van der Waals surface area contributed by atoms with Crippen molar-refractivity contribution in [2.24, 2.45) is 0 Å². The number of rotatable bonds is 10. The molecule has 2 aromatic heterocycles. The largest absolute Gasteiger partial charge is 0.497 e. The smallest absolute Gasteiger partial charge is 0.251 e. The van der Waals surface area contributed by atoms with Crippen LogP contribution in [0, 0.1) is 0 Å². The lowest BCUT2D eigenvalue weighted by Crippen LogP contribution is -2.24. The van der Waals surface area contributed by atoms with Gasteiger partial charge in [0.15, 0.2) is 5.16 Å². The molecule has 0 aliphatic rings. The summed E-state index contributed by atoms with van der Waals surface area (Å²) in [5, 5.41) is 6.41. The molecule has 0 fully saturated rings. The number of nitrogens with one attached hydrogen (secondary N) is 2. The van der Waals surface area contributed by atoms with E-state index in [9.17, 15) is 9.59 Å². The zero-order valence-electron chi connectivity index (χ0n) is 18.6. The van der Waals surface area contributed by atoms with Gasteiger partial charge in [-0.25, -0.2) is 4.98 Å². The maximum atomic E-state index is 12.5. The van der Waals surface area contributed by atoms with Gasteiger partial charge in [-0.2, -0.15) is 0 Å². The van der Waals surface area contributed by atoms with E-state index in [1.807, 2.05) is 41.0 Å². The summed E-state index contributed by atoms with van der Waals surface area (Å²) in [5.41, 5.74) is 2.29. The highest BCUT2D eigenvalue weighted by atomic mass is 32.2. The number of furan rings is 1. The SMILES string of the molecule is COc1ccc(CNC(=O)CSc2nccn2-c2cccc(C(=O)NCc3ccco3)c2)cc1. The van der Waals surface area contributed by atoms with E-state index in [4.69, 9.17) is 9.15 Å². The average molecular weight is 477 g/mol. The number of amides is 2. The first-order valence-electron chi connectivity index (χ1n) is 10.6. The Morgan fingerprint density at radius 2 is 1.91 bits per heavy atom. The molecule has 0 spiro atoms. The Morgan fingerprint density at radius 3 is 2.68 bits per heavy atom. The second kappa shape index (κ2) is 11.2. The number of nitrogens with zero attached hydrogens (tertiary/aromatic N) is 2. The fraction of sp³-hybridized carbons (Fsp3) is 0.160. The third-order valence-corrected chi connectivity index (χ3v) is 5.94. The molecule has 0 atom stereocenters. The summed E-state index contributed by atoms with van der Waals surface area (Å²) in [6.45, 7) is 0.751. The molecule has 2 N–H and O–H groups in total. The van der Waals surface area contributed by atoms with Crippen molar-refractivity contribution in [3.05, 3.63) is 96.2 Å². The molecular weight excluding hydrogens is 452 g/mol. The third kappa shape index (κ3) is 6.08. The maximum absolute atomic E-state index is 12.5. The molecule has 0 unspecified atom stereocenters. The topological polar surface area (TPSA) is 98.4 Å². The van der Waals surface area contributed by atoms with Crippen LogP contribution in [0.25, 0.3) is 5.69 Å². The van der Waals surface area contributed by atoms with E-state index in [1.54, 1.807) is 50.0 Å². The summed E-state index contributed by atoms with van der Waals surface area (Å²) < 4.78 is 12.2. The van der Waals surface area contributed by atoms with Crippen LogP contribution in [0.3, 0.4) is 0 Å². The zero-order chi connectivity index (χ0) is 23.8. The zero-order valence-corrected chi connectivity index (χ0v) is 19.4. The van der Waals surface area contributed by atoms with Crippen LogP contribution in [-0.4, -0.2) is 34.2 Å². The van der Waals surface area contributed by atoms with E-state index in [-0.39, 0.29) is 17.6 Å². The average Bonchev–Trinajstić information content (AvgIpc) is 3.57. The van der Waals surface area contributed by atoms with E-state index in [2.05, 4.69) is 15.6 Å². The molecule has 4 aromatic rings. The van der Waals surface area contributed by atoms with Crippen LogP contribution in [0.2, 0.25) is 0 Å². The van der Waals surface area contributed by atoms with E-state index in [0.717, 1.165) is 17.0 Å². The summed E-state index contributed by atoms with van der Waals surface area (Å²) in [7, 11) is 1.62. The second-order valence-electron chi connectivity index (χ2n) is 7.31. The standard InChI is InChI=1S/C25H24N4O4S/c1-32-21-9-7-18(8-10-21)15-27-23(30)17-34-25-26-11-12-29(25)20-5-2-4-19(14-20)24(31)28-16-22-6-3-13-33-22/h2-14H,15-17H2,1H3,(H,27,30)(H,28,31). The van der Waals surface area contributed by atoms with Crippen LogP contribution in [-0.2, 0) is 17.9 Å². The Hall–Kier alpha value is -3.98. The fourth-order valence-corrected chi connectivity index (χ4v) is 4.00. The highest BCUT2D eigenvalue weighted by Crippen LogP contribution is 2.21. The molecule has 2 heterocycles. The maximum Gasteiger partial charge on any atom is 0.251 e. The van der Waals surface area contributed by atoms with Crippen LogP contribution in [0.4, 0.5) is 0 Å². The van der Waals surface area contributed by atoms with Gasteiger partial charge >= 0.3 is 0 Å². The van der Waals surface area contributed by atoms with Crippen LogP contribution in [0.15, 0.2) is 88.9 Å². The van der Waals surface area contributed by atoms with Gasteiger partial charge in [0.25, 0.3) is 5.91 Å². The highest BCUT2D eigenvalue weighted by molar-refractivity contribution is 7.99. The number of benzene rings is 2. The minimum atomic E-state index is -0.203. The second-order valence-corrected chi connectivity index (χ2v) is 8.25. The molecule has 34 heavy (non-hydrogen) atoms. The van der Waals surface area contributed by atoms with Gasteiger partial charge in [-0.3, -0.25) is 14.2 Å². The first-order valence-corrected chi connectivity index (χ1v) is 11.6. The Balaban J connectivity index is 1.33. The number of hydrogen-bond donors (Lipinski definition) is 2. The Kier molecular flexibility index (Phi) is 7.67. The molecule has 2 amide bonds. The van der Waals surface area contributed by atoms with Crippen molar-refractivity contribution >= 4 is 23.6 Å². The molecule has 0 aliphatic heterocycles. The van der Waals surface area contributed by atoms with E-state index in [1.165, 1.54) is 11.8 Å². The van der Waals surface area contributed by atoms with Gasteiger partial charge in [-0.1, -0.05) is 30.0 Å². The van der Waals surface area contributed by atoms with Crippen LogP contribution >= 0.6 is 11.8 Å². The lowest BCUT2D eigenvalue weighted by Gasteiger charge is -2.10. The summed E-state index contributed by atoms with van der Waals surface area (Å²) in [6, 6.07) is 18.4. The summed E-state index contributed by atoms with van der Waals surface area (Å²) in [6.07, 6.45) is 5.04. The number of carbonyl (C=O) groups excluding carboxylic acids is 2. The lowest BCUT2D eigenvalue weighted by molar-refractivity contribution is -0.118. The molecule has 0 radical (unpaired) electrons. The summed E-state index contributed by atoms with van der Waals surface area (Å²) >= 11 is 1.33. The van der Waals surface area contributed by atoms with Crippen molar-refractivity contribution in [1.82, 2.24) is 20.2 Å². The Morgan fingerprint density at radius 1 is 1.06 bits per heavy atom. The van der Waals surface area contributed by atoms with Gasteiger partial charge in [0.1, 0.15) is 11.5 Å². The van der Waals surface area contributed by atoms with Crippen molar-refractivity contribution in [3.63, 3.8) is 0 Å². The lowest BCUT2D eigenvalue weighted by atomic mass is 10.2. The first kappa shape index (κ1) is 23.2. The van der Waals surface area contributed by atoms with E-state index < -0.39 is 0 Å². The van der Waals surface area contributed by atoms with Crippen LogP contribution in [0.1, 0.15) is 21.7 Å². The van der Waals surface area contributed by atoms with Gasteiger partial charge in [0.05, 0.1) is 25.7 Å². The monoisotopic (exact) mass is 476 g/mol. The summed E-state index contributed by atoms with van der Waals surface area (Å²) in [4.78, 5) is 29.3. The van der Waals surface area contributed by atoms with Gasteiger partial charge < -0.3 is 19.8 Å². The Bertz CT molecular complexity index is 1240. The minimum absolute atomic E-state index is 0.0959. The van der Waals surface area contributed by atoms with Gasteiger partial charge in [-0.15, -0.1) is 0 Å². The van der Waals surface area contributed by atoms with Crippen LogP contribution in [0.5, 0.6) is 5.75 Å². The number of aromatic nitrogens is 2. The number of carbonyl (C=O) groups is 2. The number of hydrogen-bond acceptors (Lipinski definition) is 6. The van der Waals surface area contributed by atoms with Crippen molar-refractivity contribution in [3.8, 4) is 11.4 Å². The fourth-order valence-electron chi connectivity index (χ4n) is 3.20. The highest BCUT2D eigenvalue weighted by Gasteiger charge is 2.12.